The molecule has 4 aromatic rings. The number of benzene rings is 4. The van der Waals surface area contributed by atoms with E-state index in [1.807, 2.05) is 24.3 Å². The van der Waals surface area contributed by atoms with Gasteiger partial charge in [-0.25, -0.2) is 8.42 Å². The SMILES string of the molecule is CCCCCCCCCCCCCc1cc(Oc2ccccc2)c(O)cc1S(=O)(=O)O.CCCCCCCCCCCCCc1cc(Oc2ccccc2)c([O-])cc1S(=O)(=O)[O-].[Ca+2]. The quantitative estimate of drug-likeness (QED) is 0.0291. The van der Waals surface area contributed by atoms with Gasteiger partial charge in [0, 0.05) is 6.07 Å². The van der Waals surface area contributed by atoms with Crippen LogP contribution in [0.25, 0.3) is 0 Å². The van der Waals surface area contributed by atoms with Crippen molar-refractivity contribution in [3.05, 3.63) is 96.1 Å². The van der Waals surface area contributed by atoms with Gasteiger partial charge < -0.3 is 24.2 Å². The molecule has 0 aliphatic carbocycles. The van der Waals surface area contributed by atoms with Gasteiger partial charge in [0.05, 0.1) is 4.90 Å². The predicted octanol–water partition coefficient (Wildman–Crippen LogP) is 13.2. The minimum absolute atomic E-state index is 0. The predicted molar refractivity (Wildman–Crippen MR) is 251 cm³/mol. The van der Waals surface area contributed by atoms with Gasteiger partial charge in [-0.15, -0.1) is 0 Å². The summed E-state index contributed by atoms with van der Waals surface area (Å²) < 4.78 is 79.4. The molecule has 0 heterocycles. The summed E-state index contributed by atoms with van der Waals surface area (Å²) in [5, 5.41) is 22.5. The van der Waals surface area contributed by atoms with Gasteiger partial charge in [0.2, 0.25) is 0 Å². The number of para-hydroxylation sites is 2. The molecule has 0 spiro atoms. The number of hydrogen-bond donors (Lipinski definition) is 2. The monoisotopic (exact) mass is 934 g/mol. The Bertz CT molecular complexity index is 1910. The molecule has 2 N–H and O–H groups in total. The molecule has 10 nitrogen and oxygen atoms in total. The van der Waals surface area contributed by atoms with E-state index in [1.54, 1.807) is 36.4 Å². The normalized spacial score (nSPS) is 11.4. The molecular formula is C50H70CaO10S2. The maximum absolute atomic E-state index is 12.3. The van der Waals surface area contributed by atoms with E-state index in [4.69, 9.17) is 9.47 Å². The molecule has 0 saturated carbocycles. The first-order valence-corrected chi connectivity index (χ1v) is 25.8. The summed E-state index contributed by atoms with van der Waals surface area (Å²) in [6.45, 7) is 4.45. The Kier molecular flexibility index (Phi) is 28.5. The van der Waals surface area contributed by atoms with Crippen LogP contribution in [0.2, 0.25) is 0 Å². The fraction of sp³-hybridized carbons (Fsp3) is 0.520. The standard InChI is InChI=1S/2C25H36O5S.Ca/c2*1-2-3-4-5-6-7-8-9-10-11-13-16-21-19-24(30-22-17-14-12-15-18-22)23(26)20-25(21)31(27,28)29;/h2*12,14-15,17-20,26H,2-11,13,16H2,1H3,(H,27,28,29);/q;;+2/p-2. The van der Waals surface area contributed by atoms with Crippen LogP contribution in [0.1, 0.15) is 166 Å². The van der Waals surface area contributed by atoms with Crippen LogP contribution in [-0.4, -0.2) is 68.8 Å². The smallest absolute Gasteiger partial charge is 0.870 e. The van der Waals surface area contributed by atoms with Crippen LogP contribution in [-0.2, 0) is 33.1 Å². The number of aryl methyl sites for hydroxylation is 2. The van der Waals surface area contributed by atoms with Gasteiger partial charge in [-0.1, -0.05) is 184 Å². The van der Waals surface area contributed by atoms with Gasteiger partial charge in [0.1, 0.15) is 32.3 Å². The number of phenols is 1. The van der Waals surface area contributed by atoms with Crippen LogP contribution < -0.4 is 14.6 Å². The van der Waals surface area contributed by atoms with E-state index in [0.717, 1.165) is 50.7 Å². The molecule has 0 unspecified atom stereocenters. The molecule has 0 aliphatic heterocycles. The van der Waals surface area contributed by atoms with E-state index in [0.29, 0.717) is 35.5 Å². The number of aromatic hydroxyl groups is 1. The summed E-state index contributed by atoms with van der Waals surface area (Å²) in [6, 6.07) is 22.7. The van der Waals surface area contributed by atoms with E-state index in [9.17, 15) is 36.2 Å². The Labute approximate surface area is 408 Å². The van der Waals surface area contributed by atoms with Crippen molar-refractivity contribution < 1.29 is 45.6 Å². The van der Waals surface area contributed by atoms with E-state index in [1.165, 1.54) is 115 Å². The summed E-state index contributed by atoms with van der Waals surface area (Å²) in [4.78, 5) is -0.678. The maximum atomic E-state index is 12.3. The summed E-state index contributed by atoms with van der Waals surface area (Å²) in [5.41, 5.74) is 0.818. The van der Waals surface area contributed by atoms with Crippen LogP contribution in [0, 0.1) is 0 Å². The maximum Gasteiger partial charge on any atom is 2.00 e. The summed E-state index contributed by atoms with van der Waals surface area (Å²) in [6.07, 6.45) is 27.2. The van der Waals surface area contributed by atoms with Crippen molar-refractivity contribution in [3.8, 4) is 34.5 Å². The average Bonchev–Trinajstić information content (AvgIpc) is 3.24. The molecule has 63 heavy (non-hydrogen) atoms. The van der Waals surface area contributed by atoms with Crippen molar-refractivity contribution in [1.82, 2.24) is 0 Å². The molecule has 0 amide bonds. The van der Waals surface area contributed by atoms with Crippen molar-refractivity contribution in [1.29, 1.82) is 0 Å². The molecule has 0 fully saturated rings. The van der Waals surface area contributed by atoms with Gasteiger partial charge >= 0.3 is 37.7 Å². The topological polar surface area (TPSA) is 173 Å². The molecule has 0 aromatic heterocycles. The van der Waals surface area contributed by atoms with Crippen molar-refractivity contribution >= 4 is 58.0 Å². The second kappa shape index (κ2) is 31.9. The van der Waals surface area contributed by atoms with Gasteiger partial charge in [0.25, 0.3) is 10.1 Å². The van der Waals surface area contributed by atoms with Crippen LogP contribution in [0.4, 0.5) is 0 Å². The third-order valence-electron chi connectivity index (χ3n) is 10.9. The van der Waals surface area contributed by atoms with E-state index < -0.39 is 30.9 Å². The van der Waals surface area contributed by atoms with Crippen molar-refractivity contribution in [3.63, 3.8) is 0 Å². The fourth-order valence-electron chi connectivity index (χ4n) is 7.39. The van der Waals surface area contributed by atoms with Gasteiger partial charge in [0.15, 0.2) is 11.5 Å². The number of ether oxygens (including phenoxy) is 2. The van der Waals surface area contributed by atoms with E-state index in [-0.39, 0.29) is 59.9 Å². The van der Waals surface area contributed by atoms with Crippen molar-refractivity contribution in [2.45, 2.75) is 178 Å². The van der Waals surface area contributed by atoms with Crippen molar-refractivity contribution in [2.75, 3.05) is 0 Å². The number of rotatable bonds is 30. The number of phenolic OH excluding ortho intramolecular Hbond substituents is 1. The Hall–Kier alpha value is -2.84. The first kappa shape index (κ1) is 56.3. The molecule has 344 valence electrons. The molecule has 0 bridgehead atoms. The van der Waals surface area contributed by atoms with Gasteiger partial charge in [-0.05, 0) is 79.3 Å². The third kappa shape index (κ3) is 23.3. The second-order valence-corrected chi connectivity index (χ2v) is 18.9. The second-order valence-electron chi connectivity index (χ2n) is 16.2. The van der Waals surface area contributed by atoms with E-state index >= 15 is 0 Å². The summed E-state index contributed by atoms with van der Waals surface area (Å²) in [7, 11) is -9.14. The first-order chi connectivity index (χ1) is 29.8. The molecule has 0 saturated heterocycles. The van der Waals surface area contributed by atoms with Gasteiger partial charge in [-0.2, -0.15) is 8.42 Å². The van der Waals surface area contributed by atoms with Crippen LogP contribution >= 0.6 is 0 Å². The minimum atomic E-state index is -4.72. The van der Waals surface area contributed by atoms with Crippen molar-refractivity contribution in [2.24, 2.45) is 0 Å². The Morgan fingerprint density at radius 1 is 0.492 bits per heavy atom. The number of hydrogen-bond acceptors (Lipinski definition) is 9. The Morgan fingerprint density at radius 2 is 0.841 bits per heavy atom. The zero-order chi connectivity index (χ0) is 45.1. The molecular weight excluding hydrogens is 865 g/mol. The average molecular weight is 935 g/mol. The Balaban J connectivity index is 0.000000427. The molecule has 4 rings (SSSR count). The number of unbranched alkanes of at least 4 members (excludes halogenated alkanes) is 20. The summed E-state index contributed by atoms with van der Waals surface area (Å²) >= 11 is 0. The molecule has 4 aromatic carbocycles. The molecule has 0 atom stereocenters. The zero-order valence-corrected chi connectivity index (χ0v) is 41.6. The molecule has 0 aliphatic rings. The van der Waals surface area contributed by atoms with E-state index in [2.05, 4.69) is 13.8 Å². The third-order valence-corrected chi connectivity index (χ3v) is 12.7. The molecule has 13 heteroatoms. The fourth-order valence-corrected chi connectivity index (χ4v) is 8.88. The summed E-state index contributed by atoms with van der Waals surface area (Å²) in [5.74, 6) is 0.310. The van der Waals surface area contributed by atoms with Crippen LogP contribution in [0.3, 0.4) is 0 Å². The van der Waals surface area contributed by atoms with Crippen LogP contribution in [0.15, 0.2) is 94.7 Å². The van der Waals surface area contributed by atoms with Crippen LogP contribution in [0.5, 0.6) is 34.5 Å². The minimum Gasteiger partial charge on any atom is -0.870 e. The Morgan fingerprint density at radius 3 is 1.22 bits per heavy atom. The first-order valence-electron chi connectivity index (χ1n) is 22.9. The largest absolute Gasteiger partial charge is 2.00 e. The van der Waals surface area contributed by atoms with Gasteiger partial charge in [-0.3, -0.25) is 4.55 Å². The zero-order valence-electron chi connectivity index (χ0n) is 37.7. The molecule has 0 radical (unpaired) electrons.